The quantitative estimate of drug-likeness (QED) is 0.852. The molecule has 116 valence electrons. The molecule has 0 saturated carbocycles. The zero-order valence-corrected chi connectivity index (χ0v) is 12.0. The van der Waals surface area contributed by atoms with Crippen LogP contribution < -0.4 is 10.4 Å². The first-order chi connectivity index (χ1) is 10.7. The Morgan fingerprint density at radius 3 is 2.82 bits per heavy atom. The van der Waals surface area contributed by atoms with Gasteiger partial charge >= 0.3 is 5.69 Å². The van der Waals surface area contributed by atoms with Crippen molar-refractivity contribution in [1.29, 1.82) is 0 Å². The van der Waals surface area contributed by atoms with Crippen LogP contribution in [0.5, 0.6) is 5.88 Å². The van der Waals surface area contributed by atoms with Gasteiger partial charge < -0.3 is 9.64 Å². The summed E-state index contributed by atoms with van der Waals surface area (Å²) in [4.78, 5) is 31.3. The van der Waals surface area contributed by atoms with Gasteiger partial charge in [0.25, 0.3) is 5.91 Å². The molecular weight excluding hydrogens is 286 g/mol. The van der Waals surface area contributed by atoms with Gasteiger partial charge in [-0.25, -0.2) is 14.9 Å². The number of hydrogen-bond donors (Lipinski definition) is 2. The minimum Gasteiger partial charge on any atom is -0.477 e. The predicted octanol–water partition coefficient (Wildman–Crippen LogP) is 0.424. The summed E-state index contributed by atoms with van der Waals surface area (Å²) in [6, 6.07) is 5.55. The Morgan fingerprint density at radius 1 is 1.36 bits per heavy atom. The molecule has 3 rings (SSSR count). The van der Waals surface area contributed by atoms with Gasteiger partial charge in [-0.2, -0.15) is 0 Å². The van der Waals surface area contributed by atoms with E-state index in [4.69, 9.17) is 4.74 Å². The molecule has 1 fully saturated rings. The first-order valence-corrected chi connectivity index (χ1v) is 7.20. The van der Waals surface area contributed by atoms with Gasteiger partial charge in [0.05, 0.1) is 6.61 Å². The highest BCUT2D eigenvalue weighted by Crippen LogP contribution is 2.19. The van der Waals surface area contributed by atoms with Crippen molar-refractivity contribution in [2.24, 2.45) is 5.92 Å². The molecule has 8 heteroatoms. The lowest BCUT2D eigenvalue weighted by atomic mass is 9.98. The van der Waals surface area contributed by atoms with Crippen molar-refractivity contribution in [3.05, 3.63) is 40.7 Å². The Balaban J connectivity index is 1.48. The van der Waals surface area contributed by atoms with Crippen LogP contribution in [0.15, 0.2) is 29.2 Å². The van der Waals surface area contributed by atoms with Gasteiger partial charge in [0.2, 0.25) is 11.7 Å². The summed E-state index contributed by atoms with van der Waals surface area (Å²) < 4.78 is 5.65. The van der Waals surface area contributed by atoms with E-state index in [0.717, 1.165) is 12.8 Å². The van der Waals surface area contributed by atoms with E-state index in [-0.39, 0.29) is 11.7 Å². The molecule has 0 atom stereocenters. The van der Waals surface area contributed by atoms with E-state index in [0.29, 0.717) is 31.5 Å². The zero-order chi connectivity index (χ0) is 15.4. The number of amides is 1. The van der Waals surface area contributed by atoms with Gasteiger partial charge in [-0.05, 0) is 24.8 Å². The lowest BCUT2D eigenvalue weighted by Gasteiger charge is -2.31. The maximum Gasteiger partial charge on any atom is 0.341 e. The minimum atomic E-state index is -0.470. The molecule has 0 unspecified atom stereocenters. The molecule has 1 saturated heterocycles. The number of likely N-dealkylation sites (tertiary alicyclic amines) is 1. The monoisotopic (exact) mass is 303 g/mol. The molecule has 0 bridgehead atoms. The van der Waals surface area contributed by atoms with Gasteiger partial charge in [0.15, 0.2) is 0 Å². The topological polar surface area (TPSA) is 104 Å². The van der Waals surface area contributed by atoms with E-state index in [9.17, 15) is 9.59 Å². The Morgan fingerprint density at radius 2 is 2.18 bits per heavy atom. The second kappa shape index (κ2) is 6.42. The van der Waals surface area contributed by atoms with Gasteiger partial charge in [-0.3, -0.25) is 9.78 Å². The molecule has 0 spiro atoms. The SMILES string of the molecule is O=C(c1n[nH]c(=O)[nH]1)N1CCC(COc2ccccn2)CC1. The van der Waals surface area contributed by atoms with E-state index in [2.05, 4.69) is 20.2 Å². The smallest absolute Gasteiger partial charge is 0.341 e. The number of nitrogens with one attached hydrogen (secondary N) is 2. The Bertz CT molecular complexity index is 673. The van der Waals surface area contributed by atoms with Crippen molar-refractivity contribution < 1.29 is 9.53 Å². The molecule has 2 aromatic heterocycles. The number of aromatic nitrogens is 4. The van der Waals surface area contributed by atoms with E-state index in [1.807, 2.05) is 18.2 Å². The summed E-state index contributed by atoms with van der Waals surface area (Å²) in [6.45, 7) is 1.85. The minimum absolute atomic E-state index is 0.0631. The van der Waals surface area contributed by atoms with Crippen molar-refractivity contribution in [1.82, 2.24) is 25.1 Å². The van der Waals surface area contributed by atoms with Crippen molar-refractivity contribution in [2.75, 3.05) is 19.7 Å². The molecule has 3 heterocycles. The van der Waals surface area contributed by atoms with Crippen LogP contribution in [0.3, 0.4) is 0 Å². The molecule has 1 aliphatic heterocycles. The summed E-state index contributed by atoms with van der Waals surface area (Å²) in [7, 11) is 0. The van der Waals surface area contributed by atoms with Crippen LogP contribution in [-0.4, -0.2) is 50.7 Å². The number of H-pyrrole nitrogens is 2. The molecule has 2 N–H and O–H groups in total. The summed E-state index contributed by atoms with van der Waals surface area (Å²) in [5, 5.41) is 5.87. The molecule has 1 amide bonds. The van der Waals surface area contributed by atoms with Gasteiger partial charge in [0, 0.05) is 25.4 Å². The molecular formula is C14H17N5O3. The number of carbonyl (C=O) groups excluding carboxylic acids is 1. The second-order valence-electron chi connectivity index (χ2n) is 5.24. The summed E-state index contributed by atoms with van der Waals surface area (Å²) in [5.41, 5.74) is -0.470. The highest BCUT2D eigenvalue weighted by Gasteiger charge is 2.25. The number of ether oxygens (including phenoxy) is 1. The number of pyridine rings is 1. The van der Waals surface area contributed by atoms with E-state index >= 15 is 0 Å². The number of aromatic amines is 2. The Hall–Kier alpha value is -2.64. The summed E-state index contributed by atoms with van der Waals surface area (Å²) in [6.07, 6.45) is 3.40. The van der Waals surface area contributed by atoms with Crippen LogP contribution in [0, 0.1) is 5.92 Å². The third kappa shape index (κ3) is 3.33. The van der Waals surface area contributed by atoms with Gasteiger partial charge in [-0.1, -0.05) is 6.07 Å². The van der Waals surface area contributed by atoms with Crippen LogP contribution >= 0.6 is 0 Å². The number of nitrogens with zero attached hydrogens (tertiary/aromatic N) is 3. The third-order valence-corrected chi connectivity index (χ3v) is 3.71. The van der Waals surface area contributed by atoms with Crippen molar-refractivity contribution >= 4 is 5.91 Å². The first-order valence-electron chi connectivity index (χ1n) is 7.20. The third-order valence-electron chi connectivity index (χ3n) is 3.71. The number of carbonyl (C=O) groups is 1. The van der Waals surface area contributed by atoms with Crippen LogP contribution in [-0.2, 0) is 0 Å². The van der Waals surface area contributed by atoms with Crippen LogP contribution in [0.4, 0.5) is 0 Å². The fourth-order valence-corrected chi connectivity index (χ4v) is 2.46. The van der Waals surface area contributed by atoms with Crippen molar-refractivity contribution in [3.8, 4) is 5.88 Å². The van der Waals surface area contributed by atoms with Crippen LogP contribution in [0.1, 0.15) is 23.5 Å². The number of rotatable bonds is 4. The molecule has 22 heavy (non-hydrogen) atoms. The van der Waals surface area contributed by atoms with E-state index in [1.54, 1.807) is 11.1 Å². The van der Waals surface area contributed by atoms with Crippen LogP contribution in [0.25, 0.3) is 0 Å². The van der Waals surface area contributed by atoms with Gasteiger partial charge in [-0.15, -0.1) is 5.10 Å². The fraction of sp³-hybridized carbons (Fsp3) is 0.429. The van der Waals surface area contributed by atoms with E-state index in [1.165, 1.54) is 0 Å². The average molecular weight is 303 g/mol. The second-order valence-corrected chi connectivity index (χ2v) is 5.24. The highest BCUT2D eigenvalue weighted by molar-refractivity contribution is 5.90. The van der Waals surface area contributed by atoms with Crippen molar-refractivity contribution in [2.45, 2.75) is 12.8 Å². The zero-order valence-electron chi connectivity index (χ0n) is 12.0. The molecule has 1 aliphatic rings. The average Bonchev–Trinajstić information content (AvgIpc) is 3.00. The maximum absolute atomic E-state index is 12.1. The molecule has 8 nitrogen and oxygen atoms in total. The molecule has 0 aromatic carbocycles. The molecule has 0 aliphatic carbocycles. The predicted molar refractivity (Wildman–Crippen MR) is 77.6 cm³/mol. The number of hydrogen-bond acceptors (Lipinski definition) is 5. The normalized spacial score (nSPS) is 15.7. The standard InChI is InChI=1S/C14H17N5O3/c20-13(12-16-14(21)18-17-12)19-7-4-10(5-8-19)9-22-11-3-1-2-6-15-11/h1-3,6,10H,4-5,7-9H2,(H2,16,17,18,21). The Kier molecular flexibility index (Phi) is 4.17. The van der Waals surface area contributed by atoms with Gasteiger partial charge in [0.1, 0.15) is 0 Å². The maximum atomic E-state index is 12.1. The fourth-order valence-electron chi connectivity index (χ4n) is 2.46. The van der Waals surface area contributed by atoms with E-state index < -0.39 is 5.69 Å². The highest BCUT2D eigenvalue weighted by atomic mass is 16.5. The Labute approximate surface area is 126 Å². The molecule has 0 radical (unpaired) electrons. The largest absolute Gasteiger partial charge is 0.477 e. The van der Waals surface area contributed by atoms with Crippen molar-refractivity contribution in [3.63, 3.8) is 0 Å². The lowest BCUT2D eigenvalue weighted by molar-refractivity contribution is 0.0647. The molecule has 2 aromatic rings. The lowest BCUT2D eigenvalue weighted by Crippen LogP contribution is -2.40. The summed E-state index contributed by atoms with van der Waals surface area (Å²) in [5.74, 6) is 0.829. The number of piperidine rings is 1. The first kappa shape index (κ1) is 14.3. The summed E-state index contributed by atoms with van der Waals surface area (Å²) >= 11 is 0. The van der Waals surface area contributed by atoms with Crippen LogP contribution in [0.2, 0.25) is 0 Å².